The van der Waals surface area contributed by atoms with Crippen LogP contribution in [-0.4, -0.2) is 29.9 Å². The molecule has 0 aromatic carbocycles. The van der Waals surface area contributed by atoms with Crippen LogP contribution in [0.3, 0.4) is 0 Å². The zero-order valence-electron chi connectivity index (χ0n) is 23.4. The topological polar surface area (TPSA) is 69.7 Å². The molecule has 0 saturated heterocycles. The van der Waals surface area contributed by atoms with Crippen LogP contribution in [0, 0.1) is 40.4 Å². The SMILES string of the molecule is CC(=O)OC1CCC2(C)C3=CCC4(C)C(C(C)=CC(=O)CC(C)C)CCC4C3CC(OC(C)=O)C2C1. The molecule has 0 heterocycles. The molecule has 0 N–H and O–H groups in total. The van der Waals surface area contributed by atoms with Gasteiger partial charge in [0.1, 0.15) is 12.2 Å². The van der Waals surface area contributed by atoms with E-state index in [9.17, 15) is 14.4 Å². The Labute approximate surface area is 217 Å². The highest BCUT2D eigenvalue weighted by atomic mass is 16.5. The standard InChI is InChI=1S/C31H46O5/c1-18(2)14-22(34)15-19(3)25-8-9-26-24-17-29(36-21(5)33)28-16-23(35-20(4)32)10-12-31(28,7)27(24)11-13-30(25,26)6/h11,15,18,23-26,28-29H,8-10,12-14,16-17H2,1-7H3. The minimum absolute atomic E-state index is 0.0444. The number of fused-ring (bicyclic) bond motifs is 5. The first-order chi connectivity index (χ1) is 16.8. The maximum Gasteiger partial charge on any atom is 0.302 e. The van der Waals surface area contributed by atoms with Crippen molar-refractivity contribution in [3.8, 4) is 0 Å². The average Bonchev–Trinajstić information content (AvgIpc) is 3.10. The molecular formula is C31H46O5. The molecule has 5 heteroatoms. The van der Waals surface area contributed by atoms with E-state index in [4.69, 9.17) is 9.47 Å². The van der Waals surface area contributed by atoms with E-state index in [0.29, 0.717) is 30.1 Å². The van der Waals surface area contributed by atoms with Gasteiger partial charge in [-0.05, 0) is 92.4 Å². The molecule has 200 valence electrons. The largest absolute Gasteiger partial charge is 0.463 e. The van der Waals surface area contributed by atoms with Crippen molar-refractivity contribution in [1.29, 1.82) is 0 Å². The Morgan fingerprint density at radius 3 is 2.33 bits per heavy atom. The van der Waals surface area contributed by atoms with Gasteiger partial charge in [-0.3, -0.25) is 14.4 Å². The third kappa shape index (κ3) is 4.96. The molecule has 36 heavy (non-hydrogen) atoms. The zero-order chi connectivity index (χ0) is 26.4. The summed E-state index contributed by atoms with van der Waals surface area (Å²) >= 11 is 0. The molecule has 0 spiro atoms. The minimum atomic E-state index is -0.235. The number of hydrogen-bond donors (Lipinski definition) is 0. The summed E-state index contributed by atoms with van der Waals surface area (Å²) in [5, 5.41) is 0. The third-order valence-electron chi connectivity index (χ3n) is 10.2. The molecule has 0 bridgehead atoms. The second kappa shape index (κ2) is 10.1. The summed E-state index contributed by atoms with van der Waals surface area (Å²) in [6.45, 7) is 14.1. The quantitative estimate of drug-likeness (QED) is 0.234. The lowest BCUT2D eigenvalue weighted by atomic mass is 9.47. The fraction of sp³-hybridized carbons (Fsp3) is 0.774. The van der Waals surface area contributed by atoms with Crippen molar-refractivity contribution in [1.82, 2.24) is 0 Å². The first kappa shape index (κ1) is 27.1. The second-order valence-corrected chi connectivity index (χ2v) is 13.1. The van der Waals surface area contributed by atoms with E-state index in [1.807, 2.05) is 6.08 Å². The van der Waals surface area contributed by atoms with Gasteiger partial charge in [-0.15, -0.1) is 0 Å². The van der Waals surface area contributed by atoms with Crippen LogP contribution < -0.4 is 0 Å². The van der Waals surface area contributed by atoms with Crippen molar-refractivity contribution in [3.05, 3.63) is 23.3 Å². The number of carbonyl (C=O) groups excluding carboxylic acids is 3. The molecule has 0 aromatic rings. The summed E-state index contributed by atoms with van der Waals surface area (Å²) < 4.78 is 11.6. The fourth-order valence-electron chi connectivity index (χ4n) is 8.76. The highest BCUT2D eigenvalue weighted by Gasteiger charge is 2.60. The number of carbonyl (C=O) groups is 3. The molecule has 0 radical (unpaired) electrons. The Bertz CT molecular complexity index is 960. The van der Waals surface area contributed by atoms with Gasteiger partial charge in [0.2, 0.25) is 0 Å². The van der Waals surface area contributed by atoms with E-state index >= 15 is 0 Å². The van der Waals surface area contributed by atoms with Crippen LogP contribution in [0.1, 0.15) is 99.8 Å². The zero-order valence-corrected chi connectivity index (χ0v) is 23.4. The summed E-state index contributed by atoms with van der Waals surface area (Å²) in [4.78, 5) is 36.4. The third-order valence-corrected chi connectivity index (χ3v) is 10.2. The lowest BCUT2D eigenvalue weighted by Gasteiger charge is -2.58. The van der Waals surface area contributed by atoms with Gasteiger partial charge in [0.05, 0.1) is 0 Å². The summed E-state index contributed by atoms with van der Waals surface area (Å²) in [5.41, 5.74) is 2.86. The lowest BCUT2D eigenvalue weighted by molar-refractivity contribution is -0.168. The summed E-state index contributed by atoms with van der Waals surface area (Å²) in [7, 11) is 0. The van der Waals surface area contributed by atoms with Gasteiger partial charge < -0.3 is 9.47 Å². The predicted octanol–water partition coefficient (Wildman–Crippen LogP) is 6.60. The first-order valence-electron chi connectivity index (χ1n) is 14.1. The molecule has 8 atom stereocenters. The molecule has 4 aliphatic carbocycles. The maximum absolute atomic E-state index is 12.6. The number of allylic oxidation sites excluding steroid dienone is 4. The van der Waals surface area contributed by atoms with Gasteiger partial charge >= 0.3 is 11.9 Å². The van der Waals surface area contributed by atoms with Crippen molar-refractivity contribution in [2.75, 3.05) is 0 Å². The van der Waals surface area contributed by atoms with Crippen LogP contribution in [0.2, 0.25) is 0 Å². The molecule has 3 fully saturated rings. The van der Waals surface area contributed by atoms with Gasteiger partial charge in [-0.2, -0.15) is 0 Å². The lowest BCUT2D eigenvalue weighted by Crippen LogP contribution is -2.54. The highest BCUT2D eigenvalue weighted by Crippen LogP contribution is 2.66. The van der Waals surface area contributed by atoms with E-state index in [1.165, 1.54) is 19.4 Å². The molecule has 4 rings (SSSR count). The molecule has 0 aliphatic heterocycles. The molecule has 3 saturated carbocycles. The summed E-state index contributed by atoms with van der Waals surface area (Å²) in [6.07, 6.45) is 11.5. The Hall–Kier alpha value is -1.91. The van der Waals surface area contributed by atoms with Crippen molar-refractivity contribution >= 4 is 17.7 Å². The van der Waals surface area contributed by atoms with Crippen molar-refractivity contribution in [2.45, 2.75) is 112 Å². The number of hydrogen-bond acceptors (Lipinski definition) is 5. The van der Waals surface area contributed by atoms with E-state index in [0.717, 1.165) is 44.9 Å². The number of rotatable bonds is 6. The van der Waals surface area contributed by atoms with Crippen LogP contribution >= 0.6 is 0 Å². The van der Waals surface area contributed by atoms with Crippen molar-refractivity contribution < 1.29 is 23.9 Å². The van der Waals surface area contributed by atoms with Gasteiger partial charge in [-0.25, -0.2) is 0 Å². The normalized spacial score (nSPS) is 40.0. The molecule has 0 aromatic heterocycles. The Kier molecular flexibility index (Phi) is 7.61. The van der Waals surface area contributed by atoms with Crippen LogP contribution in [0.5, 0.6) is 0 Å². The maximum atomic E-state index is 12.6. The molecule has 5 nitrogen and oxygen atoms in total. The van der Waals surface area contributed by atoms with Crippen LogP contribution in [0.15, 0.2) is 23.3 Å². The Balaban J connectivity index is 1.64. The van der Waals surface area contributed by atoms with Crippen molar-refractivity contribution in [3.63, 3.8) is 0 Å². The highest BCUT2D eigenvalue weighted by molar-refractivity contribution is 5.90. The van der Waals surface area contributed by atoms with E-state index < -0.39 is 0 Å². The van der Waals surface area contributed by atoms with Gasteiger partial charge in [0.15, 0.2) is 5.78 Å². The fourth-order valence-corrected chi connectivity index (χ4v) is 8.76. The van der Waals surface area contributed by atoms with Gasteiger partial charge in [0, 0.05) is 26.2 Å². The van der Waals surface area contributed by atoms with Gasteiger partial charge in [0.25, 0.3) is 0 Å². The summed E-state index contributed by atoms with van der Waals surface area (Å²) in [5.74, 6) is 1.65. The first-order valence-corrected chi connectivity index (χ1v) is 14.1. The Morgan fingerprint density at radius 1 is 1.00 bits per heavy atom. The van der Waals surface area contributed by atoms with Crippen LogP contribution in [0.25, 0.3) is 0 Å². The molecule has 4 aliphatic rings. The molecular weight excluding hydrogens is 452 g/mol. The van der Waals surface area contributed by atoms with Gasteiger partial charge in [-0.1, -0.05) is 44.9 Å². The van der Waals surface area contributed by atoms with E-state index in [2.05, 4.69) is 40.7 Å². The number of esters is 2. The number of ether oxygens (including phenoxy) is 2. The second-order valence-electron chi connectivity index (χ2n) is 13.1. The van der Waals surface area contributed by atoms with E-state index in [1.54, 1.807) is 5.57 Å². The van der Waals surface area contributed by atoms with Crippen molar-refractivity contribution in [2.24, 2.45) is 40.4 Å². The smallest absolute Gasteiger partial charge is 0.302 e. The number of ketones is 1. The minimum Gasteiger partial charge on any atom is -0.463 e. The van der Waals surface area contributed by atoms with Crippen LogP contribution in [0.4, 0.5) is 0 Å². The summed E-state index contributed by atoms with van der Waals surface area (Å²) in [6, 6.07) is 0. The monoisotopic (exact) mass is 498 g/mol. The molecule has 8 unspecified atom stereocenters. The molecule has 0 amide bonds. The average molecular weight is 499 g/mol. The van der Waals surface area contributed by atoms with Crippen LogP contribution in [-0.2, 0) is 23.9 Å². The predicted molar refractivity (Wildman–Crippen MR) is 140 cm³/mol. The van der Waals surface area contributed by atoms with E-state index in [-0.39, 0.29) is 46.7 Å². The Morgan fingerprint density at radius 2 is 1.69 bits per heavy atom.